The summed E-state index contributed by atoms with van der Waals surface area (Å²) in [5, 5.41) is 3.09. The summed E-state index contributed by atoms with van der Waals surface area (Å²) in [5.41, 5.74) is 2.12. The molecule has 0 radical (unpaired) electrons. The number of nitrogens with zero attached hydrogens (tertiary/aromatic N) is 2. The Morgan fingerprint density at radius 1 is 1.13 bits per heavy atom. The molecule has 1 fully saturated rings. The number of aromatic nitrogens is 2. The second-order valence-corrected chi connectivity index (χ2v) is 7.25. The number of benzene rings is 1. The molecule has 0 spiro atoms. The number of hydrogen-bond donors (Lipinski definition) is 2. The third-order valence-corrected chi connectivity index (χ3v) is 5.09. The van der Waals surface area contributed by atoms with Crippen molar-refractivity contribution in [1.82, 2.24) is 15.3 Å². The first kappa shape index (κ1) is 19.8. The van der Waals surface area contributed by atoms with Crippen LogP contribution in [0.4, 0.5) is 5.95 Å². The van der Waals surface area contributed by atoms with Crippen LogP contribution in [0.15, 0.2) is 38.3 Å². The van der Waals surface area contributed by atoms with E-state index in [0.717, 1.165) is 11.1 Å². The zero-order chi connectivity index (χ0) is 21.3. The van der Waals surface area contributed by atoms with Gasteiger partial charge in [-0.05, 0) is 37.1 Å². The number of aromatic amines is 1. The van der Waals surface area contributed by atoms with Gasteiger partial charge in [0.15, 0.2) is 11.2 Å². The fourth-order valence-corrected chi connectivity index (χ4v) is 3.29. The summed E-state index contributed by atoms with van der Waals surface area (Å²) in [7, 11) is 0. The van der Waals surface area contributed by atoms with Gasteiger partial charge in [-0.2, -0.15) is 0 Å². The maximum absolute atomic E-state index is 12.6. The predicted molar refractivity (Wildman–Crippen MR) is 111 cm³/mol. The molecule has 1 aliphatic heterocycles. The third-order valence-electron chi connectivity index (χ3n) is 5.09. The number of rotatable bonds is 4. The Morgan fingerprint density at radius 3 is 2.63 bits per heavy atom. The van der Waals surface area contributed by atoms with Crippen LogP contribution in [0.5, 0.6) is 0 Å². The first-order valence-electron chi connectivity index (χ1n) is 9.67. The van der Waals surface area contributed by atoms with Gasteiger partial charge in [-0.25, -0.2) is 4.98 Å². The average molecular weight is 410 g/mol. The minimum Gasteiger partial charge on any atom is -0.451 e. The molecule has 30 heavy (non-hydrogen) atoms. The quantitative estimate of drug-likeness (QED) is 0.665. The van der Waals surface area contributed by atoms with E-state index in [0.29, 0.717) is 48.9 Å². The van der Waals surface area contributed by atoms with Crippen LogP contribution in [0.2, 0.25) is 0 Å². The summed E-state index contributed by atoms with van der Waals surface area (Å²) in [6.45, 7) is 6.21. The Kier molecular flexibility index (Phi) is 5.37. The Balaban J connectivity index is 1.53. The van der Waals surface area contributed by atoms with Crippen molar-refractivity contribution in [3.63, 3.8) is 0 Å². The van der Waals surface area contributed by atoms with Gasteiger partial charge in [-0.15, -0.1) is 0 Å². The van der Waals surface area contributed by atoms with Crippen molar-refractivity contribution in [2.24, 2.45) is 0 Å². The van der Waals surface area contributed by atoms with E-state index in [2.05, 4.69) is 15.3 Å². The molecule has 4 rings (SSSR count). The van der Waals surface area contributed by atoms with Crippen molar-refractivity contribution in [1.29, 1.82) is 0 Å². The summed E-state index contributed by atoms with van der Waals surface area (Å²) < 4.78 is 11.0. The lowest BCUT2D eigenvalue weighted by Crippen LogP contribution is -2.38. The molecule has 2 aromatic heterocycles. The van der Waals surface area contributed by atoms with Crippen LogP contribution in [-0.4, -0.2) is 42.2 Å². The van der Waals surface area contributed by atoms with Crippen molar-refractivity contribution in [2.75, 3.05) is 31.2 Å². The third kappa shape index (κ3) is 4.11. The molecule has 0 saturated carbocycles. The molecule has 3 heterocycles. The molecule has 3 aromatic rings. The van der Waals surface area contributed by atoms with Crippen molar-refractivity contribution in [2.45, 2.75) is 20.4 Å². The smallest absolute Gasteiger partial charge is 0.287 e. The number of aryl methyl sites for hydroxylation is 2. The highest BCUT2D eigenvalue weighted by Gasteiger charge is 2.16. The molecule has 1 saturated heterocycles. The first-order chi connectivity index (χ1) is 14.4. The Morgan fingerprint density at radius 2 is 1.87 bits per heavy atom. The van der Waals surface area contributed by atoms with E-state index in [9.17, 15) is 14.4 Å². The average Bonchev–Trinajstić information content (AvgIpc) is 2.73. The predicted octanol–water partition coefficient (Wildman–Crippen LogP) is 1.26. The van der Waals surface area contributed by atoms with Crippen LogP contribution >= 0.6 is 0 Å². The monoisotopic (exact) mass is 410 g/mol. The van der Waals surface area contributed by atoms with Gasteiger partial charge in [-0.3, -0.25) is 19.4 Å². The topological polar surface area (TPSA) is 118 Å². The number of carbonyl (C=O) groups excluding carboxylic acids is 1. The Labute approximate surface area is 171 Å². The molecule has 9 heteroatoms. The van der Waals surface area contributed by atoms with Crippen LogP contribution in [0, 0.1) is 13.8 Å². The number of fused-ring (bicyclic) bond motifs is 1. The summed E-state index contributed by atoms with van der Waals surface area (Å²) >= 11 is 0. The van der Waals surface area contributed by atoms with E-state index in [1.807, 2.05) is 18.7 Å². The van der Waals surface area contributed by atoms with E-state index in [4.69, 9.17) is 9.15 Å². The highest BCUT2D eigenvalue weighted by Crippen LogP contribution is 2.18. The van der Waals surface area contributed by atoms with Gasteiger partial charge in [0, 0.05) is 25.2 Å². The molecule has 1 amide bonds. The second-order valence-electron chi connectivity index (χ2n) is 7.25. The molecule has 9 nitrogen and oxygen atoms in total. The van der Waals surface area contributed by atoms with Gasteiger partial charge in [0.2, 0.25) is 5.95 Å². The zero-order valence-electron chi connectivity index (χ0n) is 16.8. The lowest BCUT2D eigenvalue weighted by atomic mass is 10.1. The maximum atomic E-state index is 12.6. The van der Waals surface area contributed by atoms with Crippen LogP contribution in [-0.2, 0) is 11.3 Å². The minimum absolute atomic E-state index is 0.0226. The van der Waals surface area contributed by atoms with Gasteiger partial charge < -0.3 is 19.4 Å². The molecule has 1 aliphatic rings. The van der Waals surface area contributed by atoms with Gasteiger partial charge in [0.05, 0.1) is 30.8 Å². The SMILES string of the molecule is Cc1cc2oc(C(=O)NCc3cc(=O)[nH]c(N4CCOCC4)n3)cc(=O)c2cc1C. The molecular weight excluding hydrogens is 388 g/mol. The lowest BCUT2D eigenvalue weighted by Gasteiger charge is -2.27. The van der Waals surface area contributed by atoms with E-state index >= 15 is 0 Å². The maximum Gasteiger partial charge on any atom is 0.287 e. The Hall–Kier alpha value is -3.46. The summed E-state index contributed by atoms with van der Waals surface area (Å²) in [4.78, 5) is 46.0. The number of anilines is 1. The van der Waals surface area contributed by atoms with E-state index < -0.39 is 5.91 Å². The molecule has 1 aromatic carbocycles. The standard InChI is InChI=1S/C21H22N4O5/c1-12-7-15-16(26)10-18(30-17(15)8-13(12)2)20(28)22-11-14-9-19(27)24-21(23-14)25-3-5-29-6-4-25/h7-10H,3-6,11H2,1-2H3,(H,22,28)(H,23,24,27). The number of carbonyl (C=O) groups is 1. The molecule has 156 valence electrons. The molecule has 0 atom stereocenters. The van der Waals surface area contributed by atoms with Crippen molar-refractivity contribution >= 4 is 22.8 Å². The van der Waals surface area contributed by atoms with Crippen LogP contribution in [0.1, 0.15) is 27.4 Å². The van der Waals surface area contributed by atoms with Crippen molar-refractivity contribution < 1.29 is 13.9 Å². The fraction of sp³-hybridized carbons (Fsp3) is 0.333. The van der Waals surface area contributed by atoms with Crippen LogP contribution in [0.3, 0.4) is 0 Å². The highest BCUT2D eigenvalue weighted by molar-refractivity contribution is 5.93. The molecular formula is C21H22N4O5. The molecule has 0 unspecified atom stereocenters. The first-order valence-corrected chi connectivity index (χ1v) is 9.67. The minimum atomic E-state index is -0.553. The van der Waals surface area contributed by atoms with Gasteiger partial charge in [0.25, 0.3) is 11.5 Å². The highest BCUT2D eigenvalue weighted by atomic mass is 16.5. The summed E-state index contributed by atoms with van der Waals surface area (Å²) in [6.07, 6.45) is 0. The zero-order valence-corrected chi connectivity index (χ0v) is 16.8. The largest absolute Gasteiger partial charge is 0.451 e. The molecule has 0 aliphatic carbocycles. The van der Waals surface area contributed by atoms with Crippen molar-refractivity contribution in [3.8, 4) is 0 Å². The molecule has 0 bridgehead atoms. The number of hydrogen-bond acceptors (Lipinski definition) is 7. The number of morpholine rings is 1. The Bertz CT molecular complexity index is 1220. The van der Waals surface area contributed by atoms with Gasteiger partial charge in [0.1, 0.15) is 5.58 Å². The second kappa shape index (κ2) is 8.11. The lowest BCUT2D eigenvalue weighted by molar-refractivity contribution is 0.0923. The van der Waals surface area contributed by atoms with E-state index in [1.54, 1.807) is 12.1 Å². The van der Waals surface area contributed by atoms with E-state index in [-0.39, 0.29) is 23.3 Å². The summed E-state index contributed by atoms with van der Waals surface area (Å²) in [6, 6.07) is 6.00. The van der Waals surface area contributed by atoms with Crippen LogP contribution in [0.25, 0.3) is 11.0 Å². The van der Waals surface area contributed by atoms with Gasteiger partial charge in [-0.1, -0.05) is 0 Å². The number of nitrogens with one attached hydrogen (secondary N) is 2. The van der Waals surface area contributed by atoms with E-state index in [1.165, 1.54) is 12.1 Å². The number of H-pyrrole nitrogens is 1. The van der Waals surface area contributed by atoms with Crippen molar-refractivity contribution in [3.05, 3.63) is 67.4 Å². The molecule has 2 N–H and O–H groups in total. The van der Waals surface area contributed by atoms with Crippen LogP contribution < -0.4 is 21.2 Å². The number of ether oxygens (including phenoxy) is 1. The van der Waals surface area contributed by atoms with Gasteiger partial charge >= 0.3 is 0 Å². The number of amides is 1. The normalized spacial score (nSPS) is 14.1. The summed E-state index contributed by atoms with van der Waals surface area (Å²) in [5.74, 6) is -0.200. The fourth-order valence-electron chi connectivity index (χ4n) is 3.29.